The second kappa shape index (κ2) is 4.91. The number of hydrogen-bond donors (Lipinski definition) is 0. The molecule has 0 radical (unpaired) electrons. The van der Waals surface area contributed by atoms with E-state index in [0.29, 0.717) is 18.4 Å². The molecule has 1 aromatic rings. The Balaban J connectivity index is 2.84. The van der Waals surface area contributed by atoms with Gasteiger partial charge in [0.15, 0.2) is 5.78 Å². The van der Waals surface area contributed by atoms with E-state index in [2.05, 4.69) is 6.58 Å². The molecule has 0 unspecified atom stereocenters. The standard InChI is InChI=1S/C11H10ClFO/c1-2-3-4-11(14)9-6-5-8(13)7-10(9)12/h2,5-7H,1,3-4H2. The van der Waals surface area contributed by atoms with E-state index in [0.717, 1.165) is 6.07 Å². The second-order valence-corrected chi connectivity index (χ2v) is 3.28. The van der Waals surface area contributed by atoms with Gasteiger partial charge in [-0.25, -0.2) is 4.39 Å². The molecule has 0 aliphatic heterocycles. The van der Waals surface area contributed by atoms with Gasteiger partial charge < -0.3 is 0 Å². The number of hydrogen-bond acceptors (Lipinski definition) is 1. The summed E-state index contributed by atoms with van der Waals surface area (Å²) in [5, 5.41) is 0.166. The fourth-order valence-electron chi connectivity index (χ4n) is 1.08. The van der Waals surface area contributed by atoms with Crippen LogP contribution in [0.1, 0.15) is 23.2 Å². The highest BCUT2D eigenvalue weighted by Crippen LogP contribution is 2.19. The first-order valence-electron chi connectivity index (χ1n) is 4.24. The lowest BCUT2D eigenvalue weighted by molar-refractivity contribution is 0.0984. The van der Waals surface area contributed by atoms with Gasteiger partial charge in [0.05, 0.1) is 5.02 Å². The minimum absolute atomic E-state index is 0.0881. The summed E-state index contributed by atoms with van der Waals surface area (Å²) >= 11 is 5.72. The van der Waals surface area contributed by atoms with E-state index in [1.54, 1.807) is 6.08 Å². The number of halogens is 2. The zero-order valence-electron chi connectivity index (χ0n) is 7.59. The Hall–Kier alpha value is -1.15. The Morgan fingerprint density at radius 3 is 2.86 bits per heavy atom. The van der Waals surface area contributed by atoms with Crippen molar-refractivity contribution in [1.82, 2.24) is 0 Å². The zero-order chi connectivity index (χ0) is 10.6. The number of Topliss-reactive ketones (excluding diaryl/α,β-unsaturated/α-hetero) is 1. The zero-order valence-corrected chi connectivity index (χ0v) is 8.35. The molecule has 1 rings (SSSR count). The molecule has 0 aliphatic rings. The van der Waals surface area contributed by atoms with Gasteiger partial charge in [-0.15, -0.1) is 6.58 Å². The summed E-state index contributed by atoms with van der Waals surface area (Å²) in [5.74, 6) is -0.523. The molecule has 0 spiro atoms. The molecule has 0 saturated heterocycles. The summed E-state index contributed by atoms with van der Waals surface area (Å²) in [6.45, 7) is 3.52. The maximum Gasteiger partial charge on any atom is 0.164 e. The molecule has 0 saturated carbocycles. The molecule has 0 N–H and O–H groups in total. The van der Waals surface area contributed by atoms with Crippen LogP contribution in [-0.4, -0.2) is 5.78 Å². The summed E-state index contributed by atoms with van der Waals surface area (Å²) in [6, 6.07) is 3.78. The van der Waals surface area contributed by atoms with Gasteiger partial charge in [-0.05, 0) is 24.6 Å². The maximum absolute atomic E-state index is 12.7. The number of rotatable bonds is 4. The van der Waals surface area contributed by atoms with Crippen LogP contribution in [0.4, 0.5) is 4.39 Å². The van der Waals surface area contributed by atoms with Gasteiger partial charge in [0.1, 0.15) is 5.82 Å². The third kappa shape index (κ3) is 2.67. The molecule has 0 aromatic heterocycles. The molecular weight excluding hydrogens is 203 g/mol. The largest absolute Gasteiger partial charge is 0.294 e. The molecule has 0 bridgehead atoms. The molecule has 0 atom stereocenters. The SMILES string of the molecule is C=CCCC(=O)c1ccc(F)cc1Cl. The summed E-state index contributed by atoms with van der Waals surface area (Å²) in [7, 11) is 0. The molecular formula is C11H10ClFO. The van der Waals surface area contributed by atoms with Crippen molar-refractivity contribution in [2.75, 3.05) is 0 Å². The monoisotopic (exact) mass is 212 g/mol. The first-order chi connectivity index (χ1) is 6.65. The van der Waals surface area contributed by atoms with E-state index in [9.17, 15) is 9.18 Å². The van der Waals surface area contributed by atoms with Crippen molar-refractivity contribution in [3.05, 3.63) is 47.3 Å². The predicted molar refractivity (Wildman–Crippen MR) is 55.2 cm³/mol. The van der Waals surface area contributed by atoms with Crippen LogP contribution < -0.4 is 0 Å². The highest BCUT2D eigenvalue weighted by atomic mass is 35.5. The molecule has 0 fully saturated rings. The average Bonchev–Trinajstić information content (AvgIpc) is 2.14. The van der Waals surface area contributed by atoms with E-state index in [1.807, 2.05) is 0 Å². The normalized spacial score (nSPS) is 9.86. The van der Waals surface area contributed by atoms with Crippen LogP contribution in [0.25, 0.3) is 0 Å². The Kier molecular flexibility index (Phi) is 3.84. The molecule has 3 heteroatoms. The molecule has 0 aliphatic carbocycles. The minimum atomic E-state index is -0.435. The van der Waals surface area contributed by atoms with Gasteiger partial charge in [0, 0.05) is 12.0 Å². The summed E-state index contributed by atoms with van der Waals surface area (Å²) in [5.41, 5.74) is 0.370. The van der Waals surface area contributed by atoms with Crippen molar-refractivity contribution in [3.63, 3.8) is 0 Å². The Morgan fingerprint density at radius 2 is 2.29 bits per heavy atom. The fourth-order valence-corrected chi connectivity index (χ4v) is 1.36. The molecule has 1 nitrogen and oxygen atoms in total. The van der Waals surface area contributed by atoms with Crippen molar-refractivity contribution >= 4 is 17.4 Å². The van der Waals surface area contributed by atoms with Gasteiger partial charge in [-0.3, -0.25) is 4.79 Å². The van der Waals surface area contributed by atoms with E-state index in [-0.39, 0.29) is 10.8 Å². The van der Waals surface area contributed by atoms with Crippen molar-refractivity contribution in [2.24, 2.45) is 0 Å². The molecule has 1 aromatic carbocycles. The van der Waals surface area contributed by atoms with Crippen molar-refractivity contribution < 1.29 is 9.18 Å². The van der Waals surface area contributed by atoms with Gasteiger partial charge in [0.25, 0.3) is 0 Å². The van der Waals surface area contributed by atoms with E-state index in [1.165, 1.54) is 12.1 Å². The summed E-state index contributed by atoms with van der Waals surface area (Å²) < 4.78 is 12.7. The highest BCUT2D eigenvalue weighted by molar-refractivity contribution is 6.33. The number of ketones is 1. The van der Waals surface area contributed by atoms with Gasteiger partial charge in [-0.1, -0.05) is 17.7 Å². The van der Waals surface area contributed by atoms with Crippen LogP contribution in [0.2, 0.25) is 5.02 Å². The topological polar surface area (TPSA) is 17.1 Å². The first-order valence-corrected chi connectivity index (χ1v) is 4.62. The molecule has 14 heavy (non-hydrogen) atoms. The second-order valence-electron chi connectivity index (χ2n) is 2.87. The number of allylic oxidation sites excluding steroid dienone is 1. The van der Waals surface area contributed by atoms with E-state index < -0.39 is 5.82 Å². The molecule has 74 valence electrons. The van der Waals surface area contributed by atoms with Crippen LogP contribution in [0.15, 0.2) is 30.9 Å². The van der Waals surface area contributed by atoms with Crippen molar-refractivity contribution in [3.8, 4) is 0 Å². The maximum atomic E-state index is 12.7. The lowest BCUT2D eigenvalue weighted by Gasteiger charge is -2.01. The van der Waals surface area contributed by atoms with Crippen LogP contribution in [-0.2, 0) is 0 Å². The quantitative estimate of drug-likeness (QED) is 0.550. The van der Waals surface area contributed by atoms with Crippen molar-refractivity contribution in [2.45, 2.75) is 12.8 Å². The van der Waals surface area contributed by atoms with Crippen LogP contribution >= 0.6 is 11.6 Å². The summed E-state index contributed by atoms with van der Waals surface area (Å²) in [6.07, 6.45) is 2.62. The first kappa shape index (κ1) is 10.9. The lowest BCUT2D eigenvalue weighted by Crippen LogP contribution is -1.99. The minimum Gasteiger partial charge on any atom is -0.294 e. The van der Waals surface area contributed by atoms with Gasteiger partial charge in [0.2, 0.25) is 0 Å². The highest BCUT2D eigenvalue weighted by Gasteiger charge is 2.09. The van der Waals surface area contributed by atoms with Gasteiger partial charge in [-0.2, -0.15) is 0 Å². The van der Waals surface area contributed by atoms with Crippen LogP contribution in [0, 0.1) is 5.82 Å². The van der Waals surface area contributed by atoms with Gasteiger partial charge >= 0.3 is 0 Å². The Labute approximate surface area is 87.2 Å². The Bertz CT molecular complexity index is 360. The predicted octanol–water partition coefficient (Wildman–Crippen LogP) is 3.63. The van der Waals surface area contributed by atoms with Crippen molar-refractivity contribution in [1.29, 1.82) is 0 Å². The fraction of sp³-hybridized carbons (Fsp3) is 0.182. The Morgan fingerprint density at radius 1 is 1.57 bits per heavy atom. The smallest absolute Gasteiger partial charge is 0.164 e. The van der Waals surface area contributed by atoms with Crippen LogP contribution in [0.5, 0.6) is 0 Å². The third-order valence-electron chi connectivity index (χ3n) is 1.81. The number of benzene rings is 1. The van der Waals surface area contributed by atoms with Crippen LogP contribution in [0.3, 0.4) is 0 Å². The summed E-state index contributed by atoms with van der Waals surface area (Å²) in [4.78, 5) is 11.5. The van der Waals surface area contributed by atoms with E-state index in [4.69, 9.17) is 11.6 Å². The number of carbonyl (C=O) groups is 1. The molecule has 0 amide bonds. The molecule has 0 heterocycles. The number of carbonyl (C=O) groups excluding carboxylic acids is 1. The average molecular weight is 213 g/mol. The third-order valence-corrected chi connectivity index (χ3v) is 2.12. The van der Waals surface area contributed by atoms with E-state index >= 15 is 0 Å². The lowest BCUT2D eigenvalue weighted by atomic mass is 10.1.